The summed E-state index contributed by atoms with van der Waals surface area (Å²) in [6.07, 6.45) is 20.0. The first-order valence-electron chi connectivity index (χ1n) is 12.4. The summed E-state index contributed by atoms with van der Waals surface area (Å²) in [5.74, 6) is 0. The number of hydrogen-bond donors (Lipinski definition) is 1. The lowest BCUT2D eigenvalue weighted by atomic mass is 10.00. The lowest BCUT2D eigenvalue weighted by Gasteiger charge is -2.11. The molecular weight excluding hydrogens is 461 g/mol. The molecule has 0 bridgehead atoms. The lowest BCUT2D eigenvalue weighted by Crippen LogP contribution is -2.01. The molecule has 1 aliphatic carbocycles. The molecule has 1 aromatic rings. The molecule has 3 nitrogen and oxygen atoms in total. The molecule has 0 heterocycles. The second-order valence-electron chi connectivity index (χ2n) is 8.84. The Balaban J connectivity index is 2.07. The zero-order valence-corrected chi connectivity index (χ0v) is 22.4. The number of aliphatic imine (C=N–C) groups is 2. The Morgan fingerprint density at radius 1 is 1.09 bits per heavy atom. The number of unbranched alkanes of at least 4 members (excludes halogenated alkanes) is 4. The fourth-order valence-corrected chi connectivity index (χ4v) is 4.15. The molecule has 0 unspecified atom stereocenters. The van der Waals surface area contributed by atoms with E-state index in [4.69, 9.17) is 33.9 Å². The van der Waals surface area contributed by atoms with Crippen LogP contribution >= 0.6 is 23.2 Å². The maximum Gasteiger partial charge on any atom is 0.0442 e. The summed E-state index contributed by atoms with van der Waals surface area (Å²) in [5.41, 5.74) is 12.3. The van der Waals surface area contributed by atoms with Crippen molar-refractivity contribution in [3.8, 4) is 0 Å². The molecule has 0 fully saturated rings. The van der Waals surface area contributed by atoms with Gasteiger partial charge in [0, 0.05) is 46.0 Å². The minimum atomic E-state index is 0.697. The molecule has 2 N–H and O–H groups in total. The molecule has 0 saturated carbocycles. The van der Waals surface area contributed by atoms with Crippen LogP contribution in [0.5, 0.6) is 0 Å². The summed E-state index contributed by atoms with van der Waals surface area (Å²) in [6.45, 7) is 7.24. The highest BCUT2D eigenvalue weighted by molar-refractivity contribution is 6.33. The van der Waals surface area contributed by atoms with E-state index >= 15 is 0 Å². The van der Waals surface area contributed by atoms with Gasteiger partial charge in [-0.25, -0.2) is 0 Å². The monoisotopic (exact) mass is 499 g/mol. The summed E-state index contributed by atoms with van der Waals surface area (Å²) in [4.78, 5) is 9.55. The van der Waals surface area contributed by atoms with Crippen molar-refractivity contribution in [1.82, 2.24) is 0 Å². The van der Waals surface area contributed by atoms with Gasteiger partial charge in [0.1, 0.15) is 0 Å². The van der Waals surface area contributed by atoms with E-state index in [0.29, 0.717) is 5.02 Å². The maximum absolute atomic E-state index is 6.35. The fraction of sp³-hybridized carbons (Fsp3) is 0.448. The van der Waals surface area contributed by atoms with Crippen LogP contribution in [0.1, 0.15) is 77.7 Å². The normalized spacial score (nSPS) is 19.5. The van der Waals surface area contributed by atoms with Crippen molar-refractivity contribution in [2.24, 2.45) is 15.7 Å². The van der Waals surface area contributed by atoms with Gasteiger partial charge in [0.25, 0.3) is 0 Å². The van der Waals surface area contributed by atoms with Crippen LogP contribution in [-0.2, 0) is 6.42 Å². The van der Waals surface area contributed by atoms with Crippen LogP contribution in [0.4, 0.5) is 0 Å². The Hall–Kier alpha value is -2.10. The van der Waals surface area contributed by atoms with Gasteiger partial charge in [0.15, 0.2) is 0 Å². The van der Waals surface area contributed by atoms with Crippen LogP contribution in [0, 0.1) is 0 Å². The Kier molecular flexibility index (Phi) is 13.0. The summed E-state index contributed by atoms with van der Waals surface area (Å²) < 4.78 is 0. The number of halogens is 2. The highest BCUT2D eigenvalue weighted by Crippen LogP contribution is 2.25. The number of rotatable bonds is 11. The second-order valence-corrected chi connectivity index (χ2v) is 9.68. The molecule has 0 amide bonds. The molecule has 34 heavy (non-hydrogen) atoms. The predicted molar refractivity (Wildman–Crippen MR) is 151 cm³/mol. The molecule has 0 radical (unpaired) electrons. The summed E-state index contributed by atoms with van der Waals surface area (Å²) in [6, 6.07) is 5.58. The van der Waals surface area contributed by atoms with Crippen LogP contribution in [0.3, 0.4) is 0 Å². The minimum Gasteiger partial charge on any atom is -0.404 e. The van der Waals surface area contributed by atoms with E-state index in [0.717, 1.165) is 71.8 Å². The van der Waals surface area contributed by atoms with Crippen molar-refractivity contribution in [1.29, 1.82) is 0 Å². The Morgan fingerprint density at radius 2 is 1.88 bits per heavy atom. The van der Waals surface area contributed by atoms with Gasteiger partial charge in [0.2, 0.25) is 0 Å². The maximum atomic E-state index is 6.35. The van der Waals surface area contributed by atoms with E-state index in [9.17, 15) is 0 Å². The lowest BCUT2D eigenvalue weighted by molar-refractivity contribution is 0.639. The first-order chi connectivity index (χ1) is 16.4. The summed E-state index contributed by atoms with van der Waals surface area (Å²) in [7, 11) is 0. The van der Waals surface area contributed by atoms with E-state index in [1.807, 2.05) is 24.4 Å². The Labute approximate surface area is 216 Å². The average Bonchev–Trinajstić information content (AvgIpc) is 2.80. The largest absolute Gasteiger partial charge is 0.404 e. The van der Waals surface area contributed by atoms with E-state index in [1.54, 1.807) is 6.20 Å². The van der Waals surface area contributed by atoms with Crippen LogP contribution in [0.2, 0.25) is 10.0 Å². The van der Waals surface area contributed by atoms with Crippen molar-refractivity contribution in [2.75, 3.05) is 6.54 Å². The van der Waals surface area contributed by atoms with E-state index < -0.39 is 0 Å². The van der Waals surface area contributed by atoms with Gasteiger partial charge in [-0.1, -0.05) is 68.0 Å². The number of nitrogens with two attached hydrogens (primary N) is 1. The highest BCUT2D eigenvalue weighted by atomic mass is 35.5. The van der Waals surface area contributed by atoms with Crippen molar-refractivity contribution >= 4 is 35.1 Å². The smallest absolute Gasteiger partial charge is 0.0442 e. The SMILES string of the molecule is CCCCCCCN=CC(=C\N)/C1=C/CCCC(=N/C(C)=C(\C)Cc2cc(Cl)ccc2Cl)/C=C\1. The number of nitrogens with zero attached hydrogens (tertiary/aromatic N) is 2. The van der Waals surface area contributed by atoms with Gasteiger partial charge in [-0.2, -0.15) is 0 Å². The zero-order valence-electron chi connectivity index (χ0n) is 20.9. The van der Waals surface area contributed by atoms with Crippen molar-refractivity contribution < 1.29 is 0 Å². The third kappa shape index (κ3) is 10.0. The van der Waals surface area contributed by atoms with E-state index in [-0.39, 0.29) is 0 Å². The van der Waals surface area contributed by atoms with Gasteiger partial charge in [-0.3, -0.25) is 9.98 Å². The van der Waals surface area contributed by atoms with Crippen LogP contribution in [0.15, 0.2) is 75.0 Å². The second kappa shape index (κ2) is 15.7. The summed E-state index contributed by atoms with van der Waals surface area (Å²) in [5, 5.41) is 1.43. The highest BCUT2D eigenvalue weighted by Gasteiger charge is 2.07. The van der Waals surface area contributed by atoms with Gasteiger partial charge >= 0.3 is 0 Å². The summed E-state index contributed by atoms with van der Waals surface area (Å²) >= 11 is 12.5. The number of allylic oxidation sites excluding steroid dienone is 7. The standard InChI is InChI=1S/C29H39Cl2N3/c1-4-5-6-7-10-17-33-21-26(20-32)24-11-8-9-12-28(15-13-24)34-23(3)22(2)18-25-19-27(30)14-16-29(25)31/h11,13-16,19-21H,4-10,12,17-18,32H2,1-3H3/b15-13-,23-22+,24-11+,26-20+,33-21?,34-28-. The molecule has 0 aromatic heterocycles. The third-order valence-electron chi connectivity index (χ3n) is 5.98. The first kappa shape index (κ1) is 28.1. The number of hydrogen-bond acceptors (Lipinski definition) is 3. The van der Waals surface area contributed by atoms with Crippen LogP contribution < -0.4 is 5.73 Å². The van der Waals surface area contributed by atoms with Crippen LogP contribution in [-0.4, -0.2) is 18.5 Å². The zero-order chi connectivity index (χ0) is 24.8. The molecule has 0 spiro atoms. The van der Waals surface area contributed by atoms with Gasteiger partial charge < -0.3 is 5.73 Å². The minimum absolute atomic E-state index is 0.697. The third-order valence-corrected chi connectivity index (χ3v) is 6.59. The van der Waals surface area contributed by atoms with Crippen molar-refractivity contribution in [2.45, 2.75) is 78.6 Å². The molecule has 2 rings (SSSR count). The van der Waals surface area contributed by atoms with E-state index in [2.05, 4.69) is 44.0 Å². The molecular formula is C29H39Cl2N3. The molecule has 0 saturated heterocycles. The molecule has 0 atom stereocenters. The molecule has 5 heteroatoms. The topological polar surface area (TPSA) is 50.7 Å². The Morgan fingerprint density at radius 3 is 2.65 bits per heavy atom. The fourth-order valence-electron chi connectivity index (χ4n) is 3.77. The molecule has 1 aromatic carbocycles. The van der Waals surface area contributed by atoms with Crippen molar-refractivity contribution in [3.63, 3.8) is 0 Å². The Bertz CT molecular complexity index is 981. The van der Waals surface area contributed by atoms with Crippen LogP contribution in [0.25, 0.3) is 0 Å². The molecule has 184 valence electrons. The predicted octanol–water partition coefficient (Wildman–Crippen LogP) is 8.82. The average molecular weight is 501 g/mol. The van der Waals surface area contributed by atoms with Gasteiger partial charge in [0.05, 0.1) is 0 Å². The van der Waals surface area contributed by atoms with Crippen molar-refractivity contribution in [3.05, 3.63) is 80.7 Å². The quantitative estimate of drug-likeness (QED) is 0.239. The van der Waals surface area contributed by atoms with Gasteiger partial charge in [-0.15, -0.1) is 0 Å². The van der Waals surface area contributed by atoms with Gasteiger partial charge in [-0.05, 0) is 86.9 Å². The molecule has 1 aliphatic rings. The molecule has 0 aliphatic heterocycles. The first-order valence-corrected chi connectivity index (χ1v) is 13.2. The number of benzene rings is 1. The van der Waals surface area contributed by atoms with E-state index in [1.165, 1.54) is 31.3 Å².